The number of aromatic nitrogens is 1. The number of hydrogen-bond acceptors (Lipinski definition) is 2. The molecule has 0 aliphatic rings. The second-order valence-electron chi connectivity index (χ2n) is 4.61. The fourth-order valence-electron chi connectivity index (χ4n) is 2.14. The van der Waals surface area contributed by atoms with Crippen LogP contribution >= 0.6 is 0 Å². The molecule has 0 atom stereocenters. The number of fused-ring (bicyclic) bond motifs is 1. The minimum atomic E-state index is -0.195. The van der Waals surface area contributed by atoms with E-state index in [2.05, 4.69) is 16.8 Å². The van der Waals surface area contributed by atoms with E-state index < -0.39 is 0 Å². The fraction of sp³-hybridized carbons (Fsp3) is 0.333. The van der Waals surface area contributed by atoms with Gasteiger partial charge < -0.3 is 14.8 Å². The maximum Gasteiger partial charge on any atom is 0.321 e. The molecule has 20 heavy (non-hydrogen) atoms. The monoisotopic (exact) mass is 270 g/mol. The summed E-state index contributed by atoms with van der Waals surface area (Å²) in [5.41, 5.74) is 1.90. The number of nitrogens with zero attached hydrogens (tertiary/aromatic N) is 3. The lowest BCUT2D eigenvalue weighted by Crippen LogP contribution is -2.31. The number of amides is 2. The van der Waals surface area contributed by atoms with E-state index in [-0.39, 0.29) is 6.03 Å². The quantitative estimate of drug-likeness (QED) is 0.928. The highest BCUT2D eigenvalue weighted by Crippen LogP contribution is 2.25. The fourth-order valence-corrected chi connectivity index (χ4v) is 2.14. The van der Waals surface area contributed by atoms with Gasteiger partial charge in [-0.15, -0.1) is 0 Å². The molecule has 104 valence electrons. The molecule has 0 spiro atoms. The Hall–Kier alpha value is -2.48. The van der Waals surface area contributed by atoms with E-state index in [4.69, 9.17) is 5.26 Å². The molecule has 5 heteroatoms. The molecule has 0 aliphatic heterocycles. The SMILES string of the molecule is CCn1cc(NC(=O)N(C)CCC#N)c2ccccc21. The van der Waals surface area contributed by atoms with Crippen molar-refractivity contribution >= 4 is 22.6 Å². The van der Waals surface area contributed by atoms with Crippen molar-refractivity contribution in [2.75, 3.05) is 18.9 Å². The summed E-state index contributed by atoms with van der Waals surface area (Å²) in [7, 11) is 1.69. The van der Waals surface area contributed by atoms with Crippen LogP contribution in [-0.2, 0) is 6.54 Å². The number of carbonyl (C=O) groups excluding carboxylic acids is 1. The van der Waals surface area contributed by atoms with Gasteiger partial charge in [-0.05, 0) is 13.0 Å². The molecule has 1 aromatic heterocycles. The number of benzene rings is 1. The molecule has 0 fully saturated rings. The first kappa shape index (κ1) is 13.9. The van der Waals surface area contributed by atoms with Crippen molar-refractivity contribution < 1.29 is 4.79 Å². The van der Waals surface area contributed by atoms with Crippen LogP contribution in [0, 0.1) is 11.3 Å². The van der Waals surface area contributed by atoms with Crippen LogP contribution in [0.25, 0.3) is 10.9 Å². The van der Waals surface area contributed by atoms with Gasteiger partial charge in [0.15, 0.2) is 0 Å². The Kier molecular flexibility index (Phi) is 4.26. The van der Waals surface area contributed by atoms with Crippen LogP contribution in [0.15, 0.2) is 30.5 Å². The van der Waals surface area contributed by atoms with Gasteiger partial charge >= 0.3 is 6.03 Å². The van der Waals surface area contributed by atoms with Crippen molar-refractivity contribution in [3.8, 4) is 6.07 Å². The Morgan fingerprint density at radius 1 is 1.45 bits per heavy atom. The molecule has 2 amide bonds. The lowest BCUT2D eigenvalue weighted by molar-refractivity contribution is 0.223. The lowest BCUT2D eigenvalue weighted by Gasteiger charge is -2.15. The molecule has 5 nitrogen and oxygen atoms in total. The molecule has 1 aromatic carbocycles. The molecular weight excluding hydrogens is 252 g/mol. The zero-order valence-electron chi connectivity index (χ0n) is 11.8. The number of urea groups is 1. The number of anilines is 1. The third-order valence-corrected chi connectivity index (χ3v) is 3.28. The third kappa shape index (κ3) is 2.75. The molecule has 0 bridgehead atoms. The predicted octanol–water partition coefficient (Wildman–Crippen LogP) is 3.04. The van der Waals surface area contributed by atoms with E-state index in [0.717, 1.165) is 23.1 Å². The average Bonchev–Trinajstić information content (AvgIpc) is 2.83. The maximum absolute atomic E-state index is 12.1. The largest absolute Gasteiger partial charge is 0.346 e. The zero-order valence-corrected chi connectivity index (χ0v) is 11.8. The van der Waals surface area contributed by atoms with Crippen LogP contribution in [0.1, 0.15) is 13.3 Å². The van der Waals surface area contributed by atoms with Crippen molar-refractivity contribution in [1.29, 1.82) is 5.26 Å². The number of carbonyl (C=O) groups is 1. The van der Waals surface area contributed by atoms with Gasteiger partial charge in [0.05, 0.1) is 23.7 Å². The summed E-state index contributed by atoms with van der Waals surface area (Å²) in [6, 6.07) is 9.81. The number of aryl methyl sites for hydroxylation is 1. The van der Waals surface area contributed by atoms with Gasteiger partial charge in [0.1, 0.15) is 0 Å². The molecule has 0 saturated heterocycles. The summed E-state index contributed by atoms with van der Waals surface area (Å²) in [5.74, 6) is 0. The minimum absolute atomic E-state index is 0.195. The summed E-state index contributed by atoms with van der Waals surface area (Å²) in [4.78, 5) is 13.6. The molecule has 1 heterocycles. The highest BCUT2D eigenvalue weighted by molar-refractivity contribution is 6.01. The summed E-state index contributed by atoms with van der Waals surface area (Å²) in [5, 5.41) is 12.5. The minimum Gasteiger partial charge on any atom is -0.346 e. The van der Waals surface area contributed by atoms with E-state index >= 15 is 0 Å². The molecular formula is C15H18N4O. The van der Waals surface area contributed by atoms with Crippen molar-refractivity contribution in [2.45, 2.75) is 19.9 Å². The van der Waals surface area contributed by atoms with Gasteiger partial charge in [-0.25, -0.2) is 4.79 Å². The molecule has 0 unspecified atom stereocenters. The standard InChI is InChI=1S/C15H18N4O/c1-3-19-11-13(12-7-4-5-8-14(12)19)17-15(20)18(2)10-6-9-16/h4-5,7-8,11H,3,6,10H2,1-2H3,(H,17,20). The number of hydrogen-bond donors (Lipinski definition) is 1. The van der Waals surface area contributed by atoms with Crippen LogP contribution in [0.3, 0.4) is 0 Å². The Morgan fingerprint density at radius 2 is 2.20 bits per heavy atom. The lowest BCUT2D eigenvalue weighted by atomic mass is 10.2. The van der Waals surface area contributed by atoms with E-state index in [1.165, 1.54) is 4.90 Å². The highest BCUT2D eigenvalue weighted by atomic mass is 16.2. The smallest absolute Gasteiger partial charge is 0.321 e. The topological polar surface area (TPSA) is 61.1 Å². The first-order valence-electron chi connectivity index (χ1n) is 6.64. The Morgan fingerprint density at radius 3 is 2.90 bits per heavy atom. The van der Waals surface area contributed by atoms with E-state index in [0.29, 0.717) is 13.0 Å². The van der Waals surface area contributed by atoms with Gasteiger partial charge in [0.2, 0.25) is 0 Å². The zero-order chi connectivity index (χ0) is 14.5. The number of nitriles is 1. The van der Waals surface area contributed by atoms with Crippen LogP contribution in [0.5, 0.6) is 0 Å². The van der Waals surface area contributed by atoms with E-state index in [1.807, 2.05) is 36.5 Å². The second-order valence-corrected chi connectivity index (χ2v) is 4.61. The van der Waals surface area contributed by atoms with Gasteiger partial charge in [-0.3, -0.25) is 0 Å². The van der Waals surface area contributed by atoms with E-state index in [1.54, 1.807) is 7.05 Å². The average molecular weight is 270 g/mol. The summed E-state index contributed by atoms with van der Waals surface area (Å²) in [6.07, 6.45) is 2.28. The van der Waals surface area contributed by atoms with E-state index in [9.17, 15) is 4.79 Å². The predicted molar refractivity (Wildman–Crippen MR) is 79.5 cm³/mol. The van der Waals surface area contributed by atoms with Gasteiger partial charge in [0.25, 0.3) is 0 Å². The highest BCUT2D eigenvalue weighted by Gasteiger charge is 2.12. The molecule has 2 rings (SSSR count). The molecule has 0 saturated carbocycles. The maximum atomic E-state index is 12.1. The Labute approximate surface area is 118 Å². The Bertz CT molecular complexity index is 653. The summed E-state index contributed by atoms with van der Waals surface area (Å²) >= 11 is 0. The molecule has 1 N–H and O–H groups in total. The van der Waals surface area contributed by atoms with Crippen LogP contribution in [0.4, 0.5) is 10.5 Å². The second kappa shape index (κ2) is 6.11. The molecule has 2 aromatic rings. The van der Waals surface area contributed by atoms with Crippen LogP contribution < -0.4 is 5.32 Å². The molecule has 0 aliphatic carbocycles. The number of nitrogens with one attached hydrogen (secondary N) is 1. The van der Waals surface area contributed by atoms with Gasteiger partial charge in [0, 0.05) is 31.7 Å². The summed E-state index contributed by atoms with van der Waals surface area (Å²) < 4.78 is 2.10. The van der Waals surface area contributed by atoms with Crippen LogP contribution in [0.2, 0.25) is 0 Å². The first-order valence-corrected chi connectivity index (χ1v) is 6.64. The van der Waals surface area contributed by atoms with Crippen molar-refractivity contribution in [3.05, 3.63) is 30.5 Å². The number of para-hydroxylation sites is 1. The van der Waals surface area contributed by atoms with Crippen molar-refractivity contribution in [2.24, 2.45) is 0 Å². The first-order chi connectivity index (χ1) is 9.67. The Balaban J connectivity index is 2.22. The third-order valence-electron chi connectivity index (χ3n) is 3.28. The van der Waals surface area contributed by atoms with Gasteiger partial charge in [-0.2, -0.15) is 5.26 Å². The molecule has 0 radical (unpaired) electrons. The summed E-state index contributed by atoms with van der Waals surface area (Å²) in [6.45, 7) is 3.34. The van der Waals surface area contributed by atoms with Gasteiger partial charge in [-0.1, -0.05) is 18.2 Å². The number of rotatable bonds is 4. The van der Waals surface area contributed by atoms with Crippen LogP contribution in [-0.4, -0.2) is 29.1 Å². The normalized spacial score (nSPS) is 10.2. The van der Waals surface area contributed by atoms with Crippen molar-refractivity contribution in [1.82, 2.24) is 9.47 Å². The van der Waals surface area contributed by atoms with Crippen molar-refractivity contribution in [3.63, 3.8) is 0 Å².